The molecule has 0 saturated heterocycles. The largest absolute Gasteiger partial charge is 0.493 e. The second-order valence-corrected chi connectivity index (χ2v) is 7.98. The van der Waals surface area contributed by atoms with Gasteiger partial charge in [0.2, 0.25) is 0 Å². The topological polar surface area (TPSA) is 67.6 Å². The van der Waals surface area contributed by atoms with Gasteiger partial charge in [-0.25, -0.2) is 8.78 Å². The van der Waals surface area contributed by atoms with Crippen LogP contribution in [0.25, 0.3) is 16.9 Å². The molecule has 0 saturated carbocycles. The number of nitrogens with one attached hydrogen (secondary N) is 1. The molecule has 0 amide bonds. The molecule has 0 aliphatic rings. The van der Waals surface area contributed by atoms with Crippen LogP contribution in [0.15, 0.2) is 18.5 Å². The van der Waals surface area contributed by atoms with Gasteiger partial charge >= 0.3 is 6.18 Å². The van der Waals surface area contributed by atoms with Gasteiger partial charge in [-0.05, 0) is 40.4 Å². The van der Waals surface area contributed by atoms with Crippen LogP contribution in [-0.4, -0.2) is 63.9 Å². The molecule has 0 aliphatic carbocycles. The molecule has 0 bridgehead atoms. The van der Waals surface area contributed by atoms with Crippen LogP contribution in [0.2, 0.25) is 5.15 Å². The lowest BCUT2D eigenvalue weighted by Gasteiger charge is -2.21. The zero-order chi connectivity index (χ0) is 24.3. The van der Waals surface area contributed by atoms with E-state index >= 15 is 8.78 Å². The minimum absolute atomic E-state index is 0.0531. The van der Waals surface area contributed by atoms with Crippen LogP contribution >= 0.6 is 11.6 Å². The Morgan fingerprint density at radius 3 is 2.42 bits per heavy atom. The predicted molar refractivity (Wildman–Crippen MR) is 114 cm³/mol. The number of aromatic nitrogens is 4. The molecule has 33 heavy (non-hydrogen) atoms. The van der Waals surface area contributed by atoms with Crippen molar-refractivity contribution in [3.05, 3.63) is 35.2 Å². The normalized spacial score (nSPS) is 13.0. The first-order valence-electron chi connectivity index (χ1n) is 9.98. The average molecular weight is 493 g/mol. The minimum atomic E-state index is -4.65. The first-order chi connectivity index (χ1) is 15.5. The summed E-state index contributed by atoms with van der Waals surface area (Å²) in [6.07, 6.45) is -2.11. The lowest BCUT2D eigenvalue weighted by molar-refractivity contribution is -0.138. The zero-order valence-corrected chi connectivity index (χ0v) is 18.8. The summed E-state index contributed by atoms with van der Waals surface area (Å²) >= 11 is 6.14. The van der Waals surface area contributed by atoms with Gasteiger partial charge in [0.05, 0.1) is 17.7 Å². The Labute approximate surface area is 191 Å². The van der Waals surface area contributed by atoms with Crippen LogP contribution in [-0.2, 0) is 0 Å². The molecule has 13 heteroatoms. The highest BCUT2D eigenvalue weighted by Gasteiger charge is 2.37. The minimum Gasteiger partial charge on any atom is -0.493 e. The van der Waals surface area contributed by atoms with Crippen LogP contribution in [0, 0.1) is 11.6 Å². The number of ether oxygens (including phenoxy) is 1. The molecule has 2 aromatic heterocycles. The van der Waals surface area contributed by atoms with E-state index in [9.17, 15) is 13.2 Å². The molecule has 0 radical (unpaired) electrons. The fourth-order valence-electron chi connectivity index (χ4n) is 3.05. The summed E-state index contributed by atoms with van der Waals surface area (Å²) in [7, 11) is 3.86. The Kier molecular flexibility index (Phi) is 7.58. The summed E-state index contributed by atoms with van der Waals surface area (Å²) < 4.78 is 76.0. The van der Waals surface area contributed by atoms with Gasteiger partial charge in [0.1, 0.15) is 40.7 Å². The van der Waals surface area contributed by atoms with Gasteiger partial charge in [-0.2, -0.15) is 32.8 Å². The fraction of sp³-hybridized carbons (Fsp3) is 0.450. The van der Waals surface area contributed by atoms with E-state index in [-0.39, 0.29) is 18.1 Å². The van der Waals surface area contributed by atoms with E-state index in [1.165, 1.54) is 0 Å². The Morgan fingerprint density at radius 1 is 1.15 bits per heavy atom. The Morgan fingerprint density at radius 2 is 1.82 bits per heavy atom. The summed E-state index contributed by atoms with van der Waals surface area (Å²) in [4.78, 5) is 9.69. The molecule has 0 fully saturated rings. The number of anilines is 1. The molecule has 0 aliphatic heterocycles. The maximum absolute atomic E-state index is 15.0. The van der Waals surface area contributed by atoms with Crippen molar-refractivity contribution < 1.29 is 26.7 Å². The Balaban J connectivity index is 1.98. The van der Waals surface area contributed by atoms with Crippen molar-refractivity contribution in [2.24, 2.45) is 0 Å². The summed E-state index contributed by atoms with van der Waals surface area (Å²) in [5.41, 5.74) is -1.08. The standard InChI is InChI=1S/C20H22ClF5N6O/c1-11(20(24,25)26)29-18-16(17(21)30-19-27-10-28-32(18)19)15-13(22)8-12(9-14(15)23)33-7-5-4-6-31(2)3/h8-11,29H,4-7H2,1-3H3/t11-/m1/s1. The monoisotopic (exact) mass is 492 g/mol. The molecule has 1 N–H and O–H groups in total. The van der Waals surface area contributed by atoms with Crippen molar-refractivity contribution >= 4 is 23.2 Å². The number of alkyl halides is 3. The summed E-state index contributed by atoms with van der Waals surface area (Å²) in [5, 5.41) is 5.56. The number of halogens is 6. The molecule has 180 valence electrons. The van der Waals surface area contributed by atoms with Gasteiger partial charge in [-0.15, -0.1) is 0 Å². The van der Waals surface area contributed by atoms with Crippen LogP contribution in [0.3, 0.4) is 0 Å². The molecule has 0 spiro atoms. The van der Waals surface area contributed by atoms with E-state index in [4.69, 9.17) is 16.3 Å². The molecule has 1 aromatic carbocycles. The number of nitrogens with zero attached hydrogens (tertiary/aromatic N) is 5. The smallest absolute Gasteiger partial charge is 0.408 e. The van der Waals surface area contributed by atoms with Gasteiger partial charge in [0.25, 0.3) is 5.78 Å². The molecular weight excluding hydrogens is 471 g/mol. The number of rotatable bonds is 9. The third-order valence-corrected chi connectivity index (χ3v) is 5.03. The van der Waals surface area contributed by atoms with Crippen LogP contribution < -0.4 is 10.1 Å². The second-order valence-electron chi connectivity index (χ2n) is 7.63. The summed E-state index contributed by atoms with van der Waals surface area (Å²) in [5.74, 6) is -2.75. The van der Waals surface area contributed by atoms with Gasteiger partial charge in [0.15, 0.2) is 0 Å². The lowest BCUT2D eigenvalue weighted by Crippen LogP contribution is -2.34. The molecule has 7 nitrogen and oxygen atoms in total. The van der Waals surface area contributed by atoms with Gasteiger partial charge in [-0.1, -0.05) is 11.6 Å². The first-order valence-corrected chi connectivity index (χ1v) is 10.4. The number of unbranched alkanes of at least 4 members (excludes halogenated alkanes) is 1. The van der Waals surface area contributed by atoms with E-state index in [1.807, 2.05) is 19.0 Å². The molecule has 1 atom stereocenters. The highest BCUT2D eigenvalue weighted by Crippen LogP contribution is 2.39. The number of hydrogen-bond acceptors (Lipinski definition) is 6. The number of fused-ring (bicyclic) bond motifs is 1. The van der Waals surface area contributed by atoms with E-state index < -0.39 is 46.0 Å². The van der Waals surface area contributed by atoms with E-state index in [0.717, 1.165) is 42.9 Å². The number of benzene rings is 1. The van der Waals surface area contributed by atoms with Gasteiger partial charge < -0.3 is 15.0 Å². The third kappa shape index (κ3) is 5.80. The van der Waals surface area contributed by atoms with Crippen LogP contribution in [0.1, 0.15) is 19.8 Å². The average Bonchev–Trinajstić information content (AvgIpc) is 3.16. The maximum atomic E-state index is 15.0. The van der Waals surface area contributed by atoms with Crippen molar-refractivity contribution in [1.82, 2.24) is 24.5 Å². The molecular formula is C20H22ClF5N6O. The molecule has 2 heterocycles. The molecule has 3 rings (SSSR count). The Hall–Kier alpha value is -2.73. The zero-order valence-electron chi connectivity index (χ0n) is 18.0. The summed E-state index contributed by atoms with van der Waals surface area (Å²) in [6, 6.07) is -0.190. The van der Waals surface area contributed by atoms with Crippen LogP contribution in [0.5, 0.6) is 5.75 Å². The second kappa shape index (κ2) is 10.0. The van der Waals surface area contributed by atoms with Crippen molar-refractivity contribution in [2.45, 2.75) is 32.0 Å². The van der Waals surface area contributed by atoms with Crippen molar-refractivity contribution in [3.8, 4) is 16.9 Å². The van der Waals surface area contributed by atoms with Gasteiger partial charge in [-0.3, -0.25) is 0 Å². The highest BCUT2D eigenvalue weighted by atomic mass is 35.5. The molecule has 3 aromatic rings. The fourth-order valence-corrected chi connectivity index (χ4v) is 3.31. The molecule has 0 unspecified atom stereocenters. The van der Waals surface area contributed by atoms with E-state index in [0.29, 0.717) is 6.42 Å². The first kappa shape index (κ1) is 24.9. The van der Waals surface area contributed by atoms with Crippen LogP contribution in [0.4, 0.5) is 27.8 Å². The third-order valence-electron chi connectivity index (χ3n) is 4.76. The Bertz CT molecular complexity index is 1100. The number of hydrogen-bond donors (Lipinski definition) is 1. The highest BCUT2D eigenvalue weighted by molar-refractivity contribution is 6.33. The quantitative estimate of drug-likeness (QED) is 0.263. The summed E-state index contributed by atoms with van der Waals surface area (Å²) in [6.45, 7) is 1.93. The van der Waals surface area contributed by atoms with E-state index in [1.54, 1.807) is 0 Å². The lowest BCUT2D eigenvalue weighted by atomic mass is 10.1. The van der Waals surface area contributed by atoms with E-state index in [2.05, 4.69) is 20.4 Å². The predicted octanol–water partition coefficient (Wildman–Crippen LogP) is 4.81. The SMILES string of the molecule is C[C@@H](Nc1c(-c2c(F)cc(OCCCCN(C)C)cc2F)c(Cl)nc2ncnn12)C(F)(F)F. The van der Waals surface area contributed by atoms with Crippen molar-refractivity contribution in [1.29, 1.82) is 0 Å². The van der Waals surface area contributed by atoms with Crippen molar-refractivity contribution in [3.63, 3.8) is 0 Å². The van der Waals surface area contributed by atoms with Crippen molar-refractivity contribution in [2.75, 3.05) is 32.6 Å². The maximum Gasteiger partial charge on any atom is 0.408 e. The van der Waals surface area contributed by atoms with Gasteiger partial charge in [0, 0.05) is 12.1 Å².